The van der Waals surface area contributed by atoms with Gasteiger partial charge >= 0.3 is 0 Å². The van der Waals surface area contributed by atoms with E-state index in [1.165, 1.54) is 5.56 Å². The maximum absolute atomic E-state index is 13.5. The summed E-state index contributed by atoms with van der Waals surface area (Å²) in [5.41, 5.74) is 4.04. The molecule has 1 atom stereocenters. The number of rotatable bonds is 8. The van der Waals surface area contributed by atoms with E-state index in [9.17, 15) is 4.79 Å². The molecule has 1 N–H and O–H groups in total. The lowest BCUT2D eigenvalue weighted by molar-refractivity contribution is -0.124. The summed E-state index contributed by atoms with van der Waals surface area (Å²) in [6, 6.07) is 23.7. The molecule has 4 aromatic rings. The second kappa shape index (κ2) is 9.36. The molecular weight excluding hydrogens is 414 g/mol. The Hall–Kier alpha value is -3.80. The van der Waals surface area contributed by atoms with Gasteiger partial charge in [0, 0.05) is 13.0 Å². The Morgan fingerprint density at radius 3 is 2.64 bits per heavy atom. The predicted octanol–water partition coefficient (Wildman–Crippen LogP) is 5.01. The molecule has 6 nitrogen and oxygen atoms in total. The first-order valence-corrected chi connectivity index (χ1v) is 11.4. The minimum absolute atomic E-state index is 0.00742. The van der Waals surface area contributed by atoms with Gasteiger partial charge in [0.1, 0.15) is 11.9 Å². The van der Waals surface area contributed by atoms with E-state index in [1.54, 1.807) is 0 Å². The number of nitrogens with zero attached hydrogens (tertiary/aromatic N) is 2. The number of fused-ring (bicyclic) bond motifs is 2. The highest BCUT2D eigenvalue weighted by Gasteiger charge is 2.25. The Morgan fingerprint density at radius 2 is 1.79 bits per heavy atom. The second-order valence-corrected chi connectivity index (χ2v) is 8.26. The number of hydrogen-bond acceptors (Lipinski definition) is 4. The van der Waals surface area contributed by atoms with Gasteiger partial charge in [-0.3, -0.25) is 4.79 Å². The first-order valence-electron chi connectivity index (χ1n) is 11.4. The van der Waals surface area contributed by atoms with Gasteiger partial charge in [-0.25, -0.2) is 4.98 Å². The average Bonchev–Trinajstić information content (AvgIpc) is 3.45. The maximum atomic E-state index is 13.5. The van der Waals surface area contributed by atoms with Crippen molar-refractivity contribution in [1.29, 1.82) is 0 Å². The fraction of sp³-hybridized carbons (Fsp3) is 0.259. The van der Waals surface area contributed by atoms with Crippen LogP contribution in [0.1, 0.15) is 42.8 Å². The Kier molecular flexibility index (Phi) is 5.98. The largest absolute Gasteiger partial charge is 0.454 e. The molecule has 5 rings (SSSR count). The molecule has 2 heterocycles. The number of carbonyl (C=O) groups is 1. The zero-order chi connectivity index (χ0) is 22.6. The molecule has 0 spiro atoms. The van der Waals surface area contributed by atoms with E-state index >= 15 is 0 Å². The first-order chi connectivity index (χ1) is 16.2. The van der Waals surface area contributed by atoms with Crippen molar-refractivity contribution in [3.8, 4) is 11.5 Å². The number of benzene rings is 3. The second-order valence-electron chi connectivity index (χ2n) is 8.26. The van der Waals surface area contributed by atoms with E-state index in [1.807, 2.05) is 60.7 Å². The normalized spacial score (nSPS) is 13.2. The molecule has 0 bridgehead atoms. The molecule has 0 saturated carbocycles. The van der Waals surface area contributed by atoms with Crippen LogP contribution >= 0.6 is 0 Å². The van der Waals surface area contributed by atoms with Crippen LogP contribution < -0.4 is 14.8 Å². The van der Waals surface area contributed by atoms with Gasteiger partial charge in [-0.2, -0.15) is 0 Å². The Balaban J connectivity index is 1.43. The van der Waals surface area contributed by atoms with Crippen LogP contribution in [0.15, 0.2) is 72.8 Å². The Morgan fingerprint density at radius 1 is 1.00 bits per heavy atom. The molecule has 1 aliphatic rings. The lowest BCUT2D eigenvalue weighted by atomic mass is 10.1. The van der Waals surface area contributed by atoms with Crippen molar-refractivity contribution in [2.24, 2.45) is 0 Å². The average molecular weight is 442 g/mol. The summed E-state index contributed by atoms with van der Waals surface area (Å²) in [4.78, 5) is 18.4. The van der Waals surface area contributed by atoms with Crippen molar-refractivity contribution in [3.63, 3.8) is 0 Å². The minimum atomic E-state index is -0.338. The molecule has 0 fully saturated rings. The number of ether oxygens (including phenoxy) is 2. The third-order valence-electron chi connectivity index (χ3n) is 5.95. The SMILES string of the molecule is CCCC(C(=O)NCc1ccc2c(c1)OCO2)n1c(Cc2ccccc2)nc2ccccc21. The molecule has 1 unspecified atom stereocenters. The monoisotopic (exact) mass is 441 g/mol. The molecule has 33 heavy (non-hydrogen) atoms. The van der Waals surface area contributed by atoms with Gasteiger partial charge in [-0.15, -0.1) is 0 Å². The third-order valence-corrected chi connectivity index (χ3v) is 5.95. The number of amides is 1. The van der Waals surface area contributed by atoms with Crippen molar-refractivity contribution in [3.05, 3.63) is 89.7 Å². The van der Waals surface area contributed by atoms with Crippen LogP contribution in [0.25, 0.3) is 11.0 Å². The van der Waals surface area contributed by atoms with Crippen LogP contribution in [-0.4, -0.2) is 22.3 Å². The third kappa shape index (κ3) is 4.42. The number of hydrogen-bond donors (Lipinski definition) is 1. The highest BCUT2D eigenvalue weighted by Crippen LogP contribution is 2.32. The van der Waals surface area contributed by atoms with E-state index in [4.69, 9.17) is 14.5 Å². The maximum Gasteiger partial charge on any atom is 0.243 e. The lowest BCUT2D eigenvalue weighted by Crippen LogP contribution is -2.33. The summed E-state index contributed by atoms with van der Waals surface area (Å²) in [7, 11) is 0. The molecule has 6 heteroatoms. The number of nitrogens with one attached hydrogen (secondary N) is 1. The van der Waals surface area contributed by atoms with Crippen LogP contribution in [0.4, 0.5) is 0 Å². The fourth-order valence-electron chi connectivity index (χ4n) is 4.35. The quantitative estimate of drug-likeness (QED) is 0.417. The van der Waals surface area contributed by atoms with Crippen molar-refractivity contribution in [1.82, 2.24) is 14.9 Å². The van der Waals surface area contributed by atoms with E-state index < -0.39 is 0 Å². The zero-order valence-corrected chi connectivity index (χ0v) is 18.7. The number of aromatic nitrogens is 2. The highest BCUT2D eigenvalue weighted by atomic mass is 16.7. The van der Waals surface area contributed by atoms with Gasteiger partial charge in [0.2, 0.25) is 12.7 Å². The molecule has 1 aliphatic heterocycles. The van der Waals surface area contributed by atoms with Crippen LogP contribution in [0, 0.1) is 0 Å². The van der Waals surface area contributed by atoms with E-state index in [2.05, 4.69) is 28.9 Å². The summed E-state index contributed by atoms with van der Waals surface area (Å²) < 4.78 is 13.0. The number of imidazole rings is 1. The summed E-state index contributed by atoms with van der Waals surface area (Å²) in [6.45, 7) is 2.77. The molecule has 1 aromatic heterocycles. The van der Waals surface area contributed by atoms with Crippen LogP contribution in [0.5, 0.6) is 11.5 Å². The Labute approximate surface area is 193 Å². The standard InChI is InChI=1S/C27H27N3O3/c1-2-8-23(27(31)28-17-20-13-14-24-25(15-20)33-18-32-24)30-22-12-7-6-11-21(22)29-26(30)16-19-9-4-3-5-10-19/h3-7,9-15,23H,2,8,16-18H2,1H3,(H,28,31). The van der Waals surface area contributed by atoms with Gasteiger partial charge in [0.05, 0.1) is 11.0 Å². The van der Waals surface area contributed by atoms with Crippen molar-refractivity contribution >= 4 is 16.9 Å². The zero-order valence-electron chi connectivity index (χ0n) is 18.7. The highest BCUT2D eigenvalue weighted by molar-refractivity contribution is 5.84. The number of para-hydroxylation sites is 2. The minimum Gasteiger partial charge on any atom is -0.454 e. The lowest BCUT2D eigenvalue weighted by Gasteiger charge is -2.21. The fourth-order valence-corrected chi connectivity index (χ4v) is 4.35. The molecule has 168 valence electrons. The topological polar surface area (TPSA) is 65.4 Å². The van der Waals surface area contributed by atoms with Gasteiger partial charge < -0.3 is 19.4 Å². The molecular formula is C27H27N3O3. The van der Waals surface area contributed by atoms with Gasteiger partial charge in [-0.1, -0.05) is 61.9 Å². The summed E-state index contributed by atoms with van der Waals surface area (Å²) in [6.07, 6.45) is 2.29. The van der Waals surface area contributed by atoms with Crippen molar-refractivity contribution in [2.75, 3.05) is 6.79 Å². The number of carbonyl (C=O) groups excluding carboxylic acids is 1. The molecule has 1 amide bonds. The smallest absolute Gasteiger partial charge is 0.243 e. The van der Waals surface area contributed by atoms with Crippen LogP contribution in [0.2, 0.25) is 0 Å². The van der Waals surface area contributed by atoms with E-state index in [0.29, 0.717) is 13.0 Å². The molecule has 3 aromatic carbocycles. The van der Waals surface area contributed by atoms with Crippen molar-refractivity contribution in [2.45, 2.75) is 38.8 Å². The molecule has 0 saturated heterocycles. The van der Waals surface area contributed by atoms with Crippen LogP contribution in [0.3, 0.4) is 0 Å². The van der Waals surface area contributed by atoms with Gasteiger partial charge in [0.15, 0.2) is 11.5 Å². The predicted molar refractivity (Wildman–Crippen MR) is 127 cm³/mol. The van der Waals surface area contributed by atoms with Gasteiger partial charge in [-0.05, 0) is 41.8 Å². The summed E-state index contributed by atoms with van der Waals surface area (Å²) >= 11 is 0. The molecule has 0 aliphatic carbocycles. The van der Waals surface area contributed by atoms with E-state index in [-0.39, 0.29) is 18.7 Å². The molecule has 0 radical (unpaired) electrons. The van der Waals surface area contributed by atoms with E-state index in [0.717, 1.165) is 46.8 Å². The van der Waals surface area contributed by atoms with Crippen molar-refractivity contribution < 1.29 is 14.3 Å². The van der Waals surface area contributed by atoms with Crippen LogP contribution in [-0.2, 0) is 17.8 Å². The Bertz CT molecular complexity index is 1270. The van der Waals surface area contributed by atoms with Gasteiger partial charge in [0.25, 0.3) is 0 Å². The summed E-state index contributed by atoms with van der Waals surface area (Å²) in [5, 5.41) is 3.14. The summed E-state index contributed by atoms with van der Waals surface area (Å²) in [5.74, 6) is 2.35. The first kappa shape index (κ1) is 21.1.